The first-order valence-electron chi connectivity index (χ1n) is 10.6. The van der Waals surface area contributed by atoms with Gasteiger partial charge in [-0.25, -0.2) is 0 Å². The Balaban J connectivity index is 2.08. The van der Waals surface area contributed by atoms with Crippen LogP contribution >= 0.6 is 0 Å². The van der Waals surface area contributed by atoms with E-state index in [4.69, 9.17) is 10.5 Å². The lowest BCUT2D eigenvalue weighted by Gasteiger charge is -2.32. The molecule has 1 aromatic carbocycles. The summed E-state index contributed by atoms with van der Waals surface area (Å²) >= 11 is 0. The number of hydrogen-bond acceptors (Lipinski definition) is 5. The monoisotopic (exact) mass is 418 g/mol. The van der Waals surface area contributed by atoms with Crippen LogP contribution in [0.4, 0.5) is 0 Å². The average Bonchev–Trinajstić information content (AvgIpc) is 3.23. The molecule has 30 heavy (non-hydrogen) atoms. The van der Waals surface area contributed by atoms with Crippen molar-refractivity contribution in [3.05, 3.63) is 35.9 Å². The fourth-order valence-electron chi connectivity index (χ4n) is 3.94. The molecule has 8 nitrogen and oxygen atoms in total. The predicted molar refractivity (Wildman–Crippen MR) is 115 cm³/mol. The quantitative estimate of drug-likeness (QED) is 0.337. The standard InChI is InChI=1S/C22H34N4O4/c1-16(20(30-2)19-10-6-13-26(19)15-27)21(28)25-18(22(29)24-12-7-11-23)14-17-8-4-3-5-9-17/h3-5,8-9,15-16,18-20H,6-7,10-14,23H2,1-2H3,(H,24,29)(H,25,28). The fraction of sp³-hybridized carbons (Fsp3) is 0.591. The summed E-state index contributed by atoms with van der Waals surface area (Å²) in [5, 5.41) is 5.74. The Morgan fingerprint density at radius 3 is 2.67 bits per heavy atom. The van der Waals surface area contributed by atoms with Gasteiger partial charge in [-0.05, 0) is 31.4 Å². The average molecular weight is 419 g/mol. The van der Waals surface area contributed by atoms with E-state index >= 15 is 0 Å². The van der Waals surface area contributed by atoms with Crippen LogP contribution in [0.5, 0.6) is 0 Å². The maximum atomic E-state index is 13.0. The third-order valence-corrected chi connectivity index (χ3v) is 5.63. The summed E-state index contributed by atoms with van der Waals surface area (Å²) < 4.78 is 5.61. The van der Waals surface area contributed by atoms with Crippen molar-refractivity contribution in [3.8, 4) is 0 Å². The van der Waals surface area contributed by atoms with Gasteiger partial charge in [0, 0.05) is 26.6 Å². The fourth-order valence-corrected chi connectivity index (χ4v) is 3.94. The van der Waals surface area contributed by atoms with Crippen LogP contribution in [0.15, 0.2) is 30.3 Å². The zero-order valence-electron chi connectivity index (χ0n) is 17.9. The Kier molecular flexibility index (Phi) is 9.76. The number of nitrogens with zero attached hydrogens (tertiary/aromatic N) is 1. The van der Waals surface area contributed by atoms with Gasteiger partial charge in [0.05, 0.1) is 18.1 Å². The minimum Gasteiger partial charge on any atom is -0.378 e. The second-order valence-electron chi connectivity index (χ2n) is 7.73. The second kappa shape index (κ2) is 12.3. The molecule has 1 saturated heterocycles. The van der Waals surface area contributed by atoms with Gasteiger partial charge in [0.1, 0.15) is 6.04 Å². The molecule has 4 unspecified atom stereocenters. The molecule has 166 valence electrons. The number of likely N-dealkylation sites (tertiary alicyclic amines) is 1. The van der Waals surface area contributed by atoms with E-state index in [0.717, 1.165) is 24.8 Å². The van der Waals surface area contributed by atoms with Crippen molar-refractivity contribution >= 4 is 18.2 Å². The van der Waals surface area contributed by atoms with E-state index in [2.05, 4.69) is 10.6 Å². The number of carbonyl (C=O) groups excluding carboxylic acids is 3. The molecule has 0 spiro atoms. The molecule has 0 bridgehead atoms. The van der Waals surface area contributed by atoms with Gasteiger partial charge in [0.25, 0.3) is 0 Å². The first-order valence-corrected chi connectivity index (χ1v) is 10.6. The van der Waals surface area contributed by atoms with Gasteiger partial charge in [0.15, 0.2) is 0 Å². The van der Waals surface area contributed by atoms with Crippen molar-refractivity contribution in [2.75, 3.05) is 26.7 Å². The molecule has 1 aliphatic heterocycles. The van der Waals surface area contributed by atoms with Crippen molar-refractivity contribution in [3.63, 3.8) is 0 Å². The topological polar surface area (TPSA) is 114 Å². The van der Waals surface area contributed by atoms with Gasteiger partial charge in [-0.2, -0.15) is 0 Å². The van der Waals surface area contributed by atoms with E-state index in [9.17, 15) is 14.4 Å². The normalized spacial score (nSPS) is 19.0. The highest BCUT2D eigenvalue weighted by molar-refractivity contribution is 5.88. The summed E-state index contributed by atoms with van der Waals surface area (Å²) in [4.78, 5) is 38.8. The highest BCUT2D eigenvalue weighted by Crippen LogP contribution is 2.25. The summed E-state index contributed by atoms with van der Waals surface area (Å²) in [6.07, 6.45) is 3.12. The molecule has 3 amide bonds. The van der Waals surface area contributed by atoms with Gasteiger partial charge < -0.3 is 26.0 Å². The highest BCUT2D eigenvalue weighted by atomic mass is 16.5. The van der Waals surface area contributed by atoms with Crippen LogP contribution in [0.2, 0.25) is 0 Å². The van der Waals surface area contributed by atoms with Crippen LogP contribution in [0, 0.1) is 5.92 Å². The van der Waals surface area contributed by atoms with Gasteiger partial charge in [-0.15, -0.1) is 0 Å². The summed E-state index contributed by atoms with van der Waals surface area (Å²) in [6.45, 7) is 3.39. The zero-order chi connectivity index (χ0) is 21.9. The molecule has 0 aliphatic carbocycles. The molecule has 1 aromatic rings. The van der Waals surface area contributed by atoms with E-state index in [1.807, 2.05) is 30.3 Å². The molecule has 1 aliphatic rings. The number of benzene rings is 1. The van der Waals surface area contributed by atoms with Crippen molar-refractivity contribution < 1.29 is 19.1 Å². The lowest BCUT2D eigenvalue weighted by atomic mass is 9.94. The molecule has 2 rings (SSSR count). The van der Waals surface area contributed by atoms with Crippen LogP contribution in [-0.4, -0.2) is 68.1 Å². The van der Waals surface area contributed by atoms with E-state index in [0.29, 0.717) is 32.5 Å². The summed E-state index contributed by atoms with van der Waals surface area (Å²) in [5.74, 6) is -1.03. The molecule has 4 N–H and O–H groups in total. The van der Waals surface area contributed by atoms with Crippen molar-refractivity contribution in [1.29, 1.82) is 0 Å². The maximum Gasteiger partial charge on any atom is 0.242 e. The number of hydrogen-bond donors (Lipinski definition) is 3. The summed E-state index contributed by atoms with van der Waals surface area (Å²) in [6, 6.07) is 8.71. The Hall–Kier alpha value is -2.45. The van der Waals surface area contributed by atoms with Crippen molar-refractivity contribution in [1.82, 2.24) is 15.5 Å². The summed E-state index contributed by atoms with van der Waals surface area (Å²) in [5.41, 5.74) is 6.46. The Morgan fingerprint density at radius 2 is 2.03 bits per heavy atom. The number of amides is 3. The maximum absolute atomic E-state index is 13.0. The zero-order valence-corrected chi connectivity index (χ0v) is 17.9. The number of methoxy groups -OCH3 is 1. The smallest absolute Gasteiger partial charge is 0.242 e. The first-order chi connectivity index (χ1) is 14.5. The minimum atomic E-state index is -0.705. The summed E-state index contributed by atoms with van der Waals surface area (Å²) in [7, 11) is 1.55. The van der Waals surface area contributed by atoms with Gasteiger partial charge >= 0.3 is 0 Å². The Morgan fingerprint density at radius 1 is 1.30 bits per heavy atom. The number of ether oxygens (including phenoxy) is 1. The molecule has 8 heteroatoms. The largest absolute Gasteiger partial charge is 0.378 e. The molecule has 0 aromatic heterocycles. The van der Waals surface area contributed by atoms with Crippen LogP contribution in [-0.2, 0) is 25.5 Å². The molecule has 1 fully saturated rings. The van der Waals surface area contributed by atoms with Crippen molar-refractivity contribution in [2.24, 2.45) is 11.7 Å². The first kappa shape index (κ1) is 23.8. The van der Waals surface area contributed by atoms with E-state index in [1.54, 1.807) is 18.9 Å². The highest BCUT2D eigenvalue weighted by Gasteiger charge is 2.38. The lowest BCUT2D eigenvalue weighted by molar-refractivity contribution is -0.136. The molecular weight excluding hydrogens is 384 g/mol. The van der Waals surface area contributed by atoms with Crippen LogP contribution < -0.4 is 16.4 Å². The van der Waals surface area contributed by atoms with E-state index in [-0.39, 0.29) is 17.9 Å². The lowest BCUT2D eigenvalue weighted by Crippen LogP contribution is -2.53. The Labute approximate surface area is 178 Å². The molecule has 4 atom stereocenters. The minimum absolute atomic E-state index is 0.140. The molecule has 0 saturated carbocycles. The number of nitrogens with two attached hydrogens (primary N) is 1. The Bertz CT molecular complexity index is 685. The third kappa shape index (κ3) is 6.53. The van der Waals surface area contributed by atoms with Gasteiger partial charge in [0.2, 0.25) is 18.2 Å². The van der Waals surface area contributed by atoms with Crippen LogP contribution in [0.1, 0.15) is 31.7 Å². The number of carbonyl (C=O) groups is 3. The number of rotatable bonds is 12. The molecule has 0 radical (unpaired) electrons. The van der Waals surface area contributed by atoms with Gasteiger partial charge in [-0.3, -0.25) is 14.4 Å². The van der Waals surface area contributed by atoms with Crippen molar-refractivity contribution in [2.45, 2.75) is 50.8 Å². The van der Waals surface area contributed by atoms with E-state index < -0.39 is 18.1 Å². The van der Waals surface area contributed by atoms with E-state index in [1.165, 1.54) is 0 Å². The van der Waals surface area contributed by atoms with Crippen LogP contribution in [0.25, 0.3) is 0 Å². The second-order valence-corrected chi connectivity index (χ2v) is 7.73. The third-order valence-electron chi connectivity index (χ3n) is 5.63. The SMILES string of the molecule is COC(C(C)C(=O)NC(Cc1ccccc1)C(=O)NCCCN)C1CCCN1C=O. The van der Waals surface area contributed by atoms with Crippen LogP contribution in [0.3, 0.4) is 0 Å². The van der Waals surface area contributed by atoms with Gasteiger partial charge in [-0.1, -0.05) is 37.3 Å². The molecular formula is C22H34N4O4. The number of nitrogens with one attached hydrogen (secondary N) is 2. The predicted octanol–water partition coefficient (Wildman–Crippen LogP) is 0.451. The molecule has 1 heterocycles.